The summed E-state index contributed by atoms with van der Waals surface area (Å²) >= 11 is 0. The molecule has 0 radical (unpaired) electrons. The van der Waals surface area contributed by atoms with Gasteiger partial charge in [0.05, 0.1) is 17.2 Å². The Bertz CT molecular complexity index is 925. The predicted octanol–water partition coefficient (Wildman–Crippen LogP) is 7.92. The topological polar surface area (TPSA) is 23.8 Å². The van der Waals surface area contributed by atoms with Gasteiger partial charge in [0.1, 0.15) is 11.6 Å². The summed E-state index contributed by atoms with van der Waals surface area (Å²) in [6.45, 7) is 2.25. The molecule has 0 saturated heterocycles. The fourth-order valence-electron chi connectivity index (χ4n) is 5.78. The summed E-state index contributed by atoms with van der Waals surface area (Å²) in [6.07, 6.45) is 11.8. The number of nitriles is 1. The van der Waals surface area contributed by atoms with Crippen LogP contribution in [0.3, 0.4) is 0 Å². The Morgan fingerprint density at radius 3 is 2.57 bits per heavy atom. The van der Waals surface area contributed by atoms with Crippen LogP contribution in [0.4, 0.5) is 8.78 Å². The second kappa shape index (κ2) is 9.29. The molecule has 1 saturated carbocycles. The molecule has 158 valence electrons. The fourth-order valence-corrected chi connectivity index (χ4v) is 5.78. The average Bonchev–Trinajstić information content (AvgIpc) is 2.77. The monoisotopic (exact) mass is 407 g/mol. The van der Waals surface area contributed by atoms with Gasteiger partial charge < -0.3 is 0 Å². The zero-order valence-corrected chi connectivity index (χ0v) is 17.9. The van der Waals surface area contributed by atoms with E-state index in [1.807, 2.05) is 0 Å². The van der Waals surface area contributed by atoms with Gasteiger partial charge in [-0.25, -0.2) is 8.78 Å². The van der Waals surface area contributed by atoms with E-state index < -0.39 is 11.6 Å². The molecule has 1 fully saturated rings. The van der Waals surface area contributed by atoms with Crippen molar-refractivity contribution >= 4 is 0 Å². The van der Waals surface area contributed by atoms with E-state index in [0.717, 1.165) is 29.9 Å². The van der Waals surface area contributed by atoms with E-state index in [1.165, 1.54) is 44.9 Å². The quantitative estimate of drug-likeness (QED) is 0.446. The van der Waals surface area contributed by atoms with E-state index in [0.29, 0.717) is 29.4 Å². The summed E-state index contributed by atoms with van der Waals surface area (Å²) in [5.41, 5.74) is 2.69. The first kappa shape index (κ1) is 21.0. The lowest BCUT2D eigenvalue weighted by molar-refractivity contribution is 0.197. The highest BCUT2D eigenvalue weighted by Crippen LogP contribution is 2.49. The summed E-state index contributed by atoms with van der Waals surface area (Å²) in [5.74, 6) is 0.798. The molecule has 0 aromatic heterocycles. The molecular formula is C27H31F2N. The minimum atomic E-state index is -0.474. The maximum atomic E-state index is 15.5. The second-order valence-corrected chi connectivity index (χ2v) is 9.24. The Kier molecular flexibility index (Phi) is 6.52. The molecule has 1 nitrogen and oxygen atoms in total. The number of hydrogen-bond donors (Lipinski definition) is 0. The molecule has 2 aliphatic rings. The van der Waals surface area contributed by atoms with Crippen molar-refractivity contribution in [1.29, 1.82) is 5.26 Å². The third kappa shape index (κ3) is 4.15. The SMILES string of the molecule is CCCCCCC1CCC2c3cc(F)c(-c4ccc(C#N)cc4)c(F)c3CCC2C1. The summed E-state index contributed by atoms with van der Waals surface area (Å²) in [6, 6.07) is 10.2. The zero-order chi connectivity index (χ0) is 21.1. The number of rotatable bonds is 6. The van der Waals surface area contributed by atoms with Gasteiger partial charge in [-0.2, -0.15) is 5.26 Å². The highest BCUT2D eigenvalue weighted by Gasteiger charge is 2.37. The van der Waals surface area contributed by atoms with Gasteiger partial charge in [-0.3, -0.25) is 0 Å². The average molecular weight is 408 g/mol. The lowest BCUT2D eigenvalue weighted by Crippen LogP contribution is -2.29. The largest absolute Gasteiger partial charge is 0.206 e. The van der Waals surface area contributed by atoms with Crippen molar-refractivity contribution < 1.29 is 8.78 Å². The van der Waals surface area contributed by atoms with Crippen LogP contribution in [0.25, 0.3) is 11.1 Å². The van der Waals surface area contributed by atoms with Crippen molar-refractivity contribution in [3.8, 4) is 17.2 Å². The lowest BCUT2D eigenvalue weighted by Gasteiger charge is -2.41. The molecule has 0 amide bonds. The van der Waals surface area contributed by atoms with Gasteiger partial charge in [-0.1, -0.05) is 51.2 Å². The van der Waals surface area contributed by atoms with Crippen LogP contribution in [0.15, 0.2) is 30.3 Å². The second-order valence-electron chi connectivity index (χ2n) is 9.24. The number of hydrogen-bond acceptors (Lipinski definition) is 1. The smallest absolute Gasteiger partial charge is 0.137 e. The van der Waals surface area contributed by atoms with Gasteiger partial charge in [-0.15, -0.1) is 0 Å². The fraction of sp³-hybridized carbons (Fsp3) is 0.519. The highest BCUT2D eigenvalue weighted by atomic mass is 19.1. The van der Waals surface area contributed by atoms with E-state index in [4.69, 9.17) is 5.26 Å². The molecule has 2 aromatic rings. The number of benzene rings is 2. The van der Waals surface area contributed by atoms with Gasteiger partial charge in [0.2, 0.25) is 0 Å². The lowest BCUT2D eigenvalue weighted by atomic mass is 9.64. The molecule has 0 bridgehead atoms. The van der Waals surface area contributed by atoms with Crippen molar-refractivity contribution in [2.45, 2.75) is 77.0 Å². The van der Waals surface area contributed by atoms with Gasteiger partial charge in [0.15, 0.2) is 0 Å². The van der Waals surface area contributed by atoms with Crippen molar-refractivity contribution in [2.24, 2.45) is 11.8 Å². The summed E-state index contributed by atoms with van der Waals surface area (Å²) in [4.78, 5) is 0. The van der Waals surface area contributed by atoms with Crippen LogP contribution >= 0.6 is 0 Å². The molecule has 3 unspecified atom stereocenters. The molecular weight excluding hydrogens is 376 g/mol. The Morgan fingerprint density at radius 1 is 1.03 bits per heavy atom. The Morgan fingerprint density at radius 2 is 1.83 bits per heavy atom. The van der Waals surface area contributed by atoms with Gasteiger partial charge in [0, 0.05) is 0 Å². The summed E-state index contributed by atoms with van der Waals surface area (Å²) < 4.78 is 30.5. The normalized spacial score (nSPS) is 22.8. The molecule has 30 heavy (non-hydrogen) atoms. The Balaban J connectivity index is 1.54. The maximum absolute atomic E-state index is 15.5. The molecule has 0 N–H and O–H groups in total. The number of fused-ring (bicyclic) bond motifs is 3. The van der Waals surface area contributed by atoms with Crippen LogP contribution in [0.2, 0.25) is 0 Å². The maximum Gasteiger partial charge on any atom is 0.137 e. The van der Waals surface area contributed by atoms with Crippen molar-refractivity contribution in [1.82, 2.24) is 0 Å². The highest BCUT2D eigenvalue weighted by molar-refractivity contribution is 5.68. The minimum Gasteiger partial charge on any atom is -0.206 e. The van der Waals surface area contributed by atoms with Gasteiger partial charge in [-0.05, 0) is 84.7 Å². The summed E-state index contributed by atoms with van der Waals surface area (Å²) in [5, 5.41) is 8.97. The number of nitrogens with zero attached hydrogens (tertiary/aromatic N) is 1. The first-order chi connectivity index (χ1) is 14.6. The van der Waals surface area contributed by atoms with Crippen LogP contribution in [0, 0.1) is 34.8 Å². The van der Waals surface area contributed by atoms with Crippen LogP contribution in [0.1, 0.15) is 87.3 Å². The van der Waals surface area contributed by atoms with Crippen LogP contribution in [-0.4, -0.2) is 0 Å². The van der Waals surface area contributed by atoms with Crippen molar-refractivity contribution in [3.05, 3.63) is 58.7 Å². The number of halogens is 2. The first-order valence-electron chi connectivity index (χ1n) is 11.6. The zero-order valence-electron chi connectivity index (χ0n) is 17.9. The third-order valence-corrected chi connectivity index (χ3v) is 7.38. The number of unbranched alkanes of at least 4 members (excludes halogenated alkanes) is 3. The standard InChI is InChI=1S/C27H31F2N/c1-2-3-4-5-6-18-9-13-22-21(15-18)12-14-23-24(22)16-25(28)26(27(23)29)20-10-7-19(17-30)8-11-20/h7-8,10-11,16,18,21-22H,2-6,9,12-15H2,1H3. The molecule has 0 spiro atoms. The molecule has 2 aliphatic carbocycles. The van der Waals surface area contributed by atoms with E-state index in [2.05, 4.69) is 13.0 Å². The van der Waals surface area contributed by atoms with Crippen LogP contribution < -0.4 is 0 Å². The van der Waals surface area contributed by atoms with E-state index >= 15 is 8.78 Å². The molecule has 3 atom stereocenters. The van der Waals surface area contributed by atoms with E-state index in [1.54, 1.807) is 30.3 Å². The third-order valence-electron chi connectivity index (χ3n) is 7.38. The van der Waals surface area contributed by atoms with Gasteiger partial charge in [0.25, 0.3) is 0 Å². The van der Waals surface area contributed by atoms with Crippen LogP contribution in [-0.2, 0) is 6.42 Å². The minimum absolute atomic E-state index is 0.0568. The molecule has 0 heterocycles. The van der Waals surface area contributed by atoms with E-state index in [9.17, 15) is 0 Å². The molecule has 4 rings (SSSR count). The molecule has 0 aliphatic heterocycles. The Labute approximate surface area is 179 Å². The van der Waals surface area contributed by atoms with E-state index in [-0.39, 0.29) is 5.56 Å². The van der Waals surface area contributed by atoms with Crippen molar-refractivity contribution in [2.75, 3.05) is 0 Å². The summed E-state index contributed by atoms with van der Waals surface area (Å²) in [7, 11) is 0. The predicted molar refractivity (Wildman–Crippen MR) is 117 cm³/mol. The Hall–Kier alpha value is -2.21. The van der Waals surface area contributed by atoms with Crippen molar-refractivity contribution in [3.63, 3.8) is 0 Å². The van der Waals surface area contributed by atoms with Gasteiger partial charge >= 0.3 is 0 Å². The van der Waals surface area contributed by atoms with Crippen LogP contribution in [0.5, 0.6) is 0 Å². The first-order valence-corrected chi connectivity index (χ1v) is 11.6. The molecule has 3 heteroatoms. The molecule has 2 aromatic carbocycles.